The lowest BCUT2D eigenvalue weighted by Crippen LogP contribution is -2.10. The van der Waals surface area contributed by atoms with Gasteiger partial charge in [-0.1, -0.05) is 0 Å². The highest BCUT2D eigenvalue weighted by Gasteiger charge is 2.09. The largest absolute Gasteiger partial charge is 0.508 e. The summed E-state index contributed by atoms with van der Waals surface area (Å²) in [5.74, 6) is 1.47. The molecule has 3 aromatic rings. The monoisotopic (exact) mass is 378 g/mol. The van der Waals surface area contributed by atoms with Gasteiger partial charge in [0.1, 0.15) is 17.3 Å². The van der Waals surface area contributed by atoms with Gasteiger partial charge in [-0.3, -0.25) is 10.1 Å². The molecule has 0 aliphatic carbocycles. The standard InChI is InChI=1S/C21H22N4O3/c1-4-28-17-8-5-15(6-9-17)18-12-20(25-21(24-18)22-14(3)26)23-16-7-10-19(27)13(2)11-16/h5-12,27H,4H2,1-3H3,(H2,22,23,24,25,26). The summed E-state index contributed by atoms with van der Waals surface area (Å²) in [5, 5.41) is 15.5. The van der Waals surface area contributed by atoms with Crippen LogP contribution < -0.4 is 15.4 Å². The number of nitrogens with one attached hydrogen (secondary N) is 2. The Morgan fingerprint density at radius 1 is 1.11 bits per heavy atom. The predicted octanol–water partition coefficient (Wildman–Crippen LogP) is 4.26. The molecular weight excluding hydrogens is 356 g/mol. The van der Waals surface area contributed by atoms with Crippen LogP contribution in [0.25, 0.3) is 11.3 Å². The van der Waals surface area contributed by atoms with Crippen molar-refractivity contribution in [1.82, 2.24) is 9.97 Å². The third-order valence-corrected chi connectivity index (χ3v) is 3.94. The minimum atomic E-state index is -0.254. The van der Waals surface area contributed by atoms with E-state index in [9.17, 15) is 9.90 Å². The molecule has 1 heterocycles. The van der Waals surface area contributed by atoms with E-state index in [4.69, 9.17) is 4.74 Å². The van der Waals surface area contributed by atoms with Crippen LogP contribution in [0.2, 0.25) is 0 Å². The molecule has 0 radical (unpaired) electrons. The zero-order chi connectivity index (χ0) is 20.1. The third kappa shape index (κ3) is 4.76. The Kier molecular flexibility index (Phi) is 5.74. The molecule has 1 aromatic heterocycles. The van der Waals surface area contributed by atoms with E-state index in [-0.39, 0.29) is 17.6 Å². The lowest BCUT2D eigenvalue weighted by molar-refractivity contribution is -0.114. The van der Waals surface area contributed by atoms with Crippen molar-refractivity contribution in [2.45, 2.75) is 20.8 Å². The number of hydrogen-bond donors (Lipinski definition) is 3. The van der Waals surface area contributed by atoms with Crippen molar-refractivity contribution in [1.29, 1.82) is 0 Å². The molecule has 1 amide bonds. The number of aromatic nitrogens is 2. The molecule has 7 nitrogen and oxygen atoms in total. The highest BCUT2D eigenvalue weighted by atomic mass is 16.5. The molecule has 0 unspecified atom stereocenters. The predicted molar refractivity (Wildman–Crippen MR) is 109 cm³/mol. The second-order valence-electron chi connectivity index (χ2n) is 6.23. The number of carbonyl (C=O) groups excluding carboxylic acids is 1. The molecule has 3 rings (SSSR count). The number of anilines is 3. The van der Waals surface area contributed by atoms with Crippen molar-refractivity contribution in [3.8, 4) is 22.8 Å². The van der Waals surface area contributed by atoms with E-state index in [0.29, 0.717) is 18.1 Å². The second kappa shape index (κ2) is 8.39. The average molecular weight is 378 g/mol. The molecule has 0 fully saturated rings. The fraction of sp³-hybridized carbons (Fsp3) is 0.190. The molecule has 0 spiro atoms. The van der Waals surface area contributed by atoms with E-state index in [1.54, 1.807) is 18.2 Å². The first-order valence-electron chi connectivity index (χ1n) is 8.91. The smallest absolute Gasteiger partial charge is 0.231 e. The van der Waals surface area contributed by atoms with Crippen molar-refractivity contribution in [2.75, 3.05) is 17.2 Å². The Morgan fingerprint density at radius 3 is 2.50 bits per heavy atom. The van der Waals surface area contributed by atoms with Gasteiger partial charge in [0.15, 0.2) is 0 Å². The van der Waals surface area contributed by atoms with Crippen molar-refractivity contribution in [3.05, 3.63) is 54.1 Å². The van der Waals surface area contributed by atoms with Gasteiger partial charge in [0.2, 0.25) is 11.9 Å². The molecule has 0 bridgehead atoms. The van der Waals surface area contributed by atoms with Gasteiger partial charge in [-0.25, -0.2) is 4.98 Å². The van der Waals surface area contributed by atoms with Crippen LogP contribution in [0.3, 0.4) is 0 Å². The van der Waals surface area contributed by atoms with Crippen LogP contribution in [0.15, 0.2) is 48.5 Å². The fourth-order valence-corrected chi connectivity index (χ4v) is 2.64. The third-order valence-electron chi connectivity index (χ3n) is 3.94. The van der Waals surface area contributed by atoms with Crippen molar-refractivity contribution >= 4 is 23.4 Å². The molecule has 28 heavy (non-hydrogen) atoms. The van der Waals surface area contributed by atoms with Gasteiger partial charge in [0.05, 0.1) is 12.3 Å². The fourth-order valence-electron chi connectivity index (χ4n) is 2.64. The van der Waals surface area contributed by atoms with E-state index in [1.807, 2.05) is 44.2 Å². The second-order valence-corrected chi connectivity index (χ2v) is 6.23. The highest BCUT2D eigenvalue weighted by Crippen LogP contribution is 2.27. The van der Waals surface area contributed by atoms with Gasteiger partial charge in [-0.2, -0.15) is 4.98 Å². The Morgan fingerprint density at radius 2 is 1.86 bits per heavy atom. The number of phenols is 1. The first-order valence-corrected chi connectivity index (χ1v) is 8.91. The molecule has 144 valence electrons. The summed E-state index contributed by atoms with van der Waals surface area (Å²) in [7, 11) is 0. The molecule has 0 saturated heterocycles. The van der Waals surface area contributed by atoms with Crippen molar-refractivity contribution < 1.29 is 14.6 Å². The van der Waals surface area contributed by atoms with Crippen LogP contribution in [-0.2, 0) is 4.79 Å². The lowest BCUT2D eigenvalue weighted by atomic mass is 10.1. The quantitative estimate of drug-likeness (QED) is 0.555. The van der Waals surface area contributed by atoms with Crippen LogP contribution in [0.4, 0.5) is 17.5 Å². The van der Waals surface area contributed by atoms with E-state index < -0.39 is 0 Å². The van der Waals surface area contributed by atoms with Crippen LogP contribution in [0.1, 0.15) is 19.4 Å². The summed E-state index contributed by atoms with van der Waals surface area (Å²) in [6.45, 7) is 5.75. The lowest BCUT2D eigenvalue weighted by Gasteiger charge is -2.12. The van der Waals surface area contributed by atoms with Gasteiger partial charge in [-0.05, 0) is 61.9 Å². The van der Waals surface area contributed by atoms with Gasteiger partial charge < -0.3 is 15.2 Å². The molecule has 0 aliphatic rings. The zero-order valence-corrected chi connectivity index (χ0v) is 16.0. The molecule has 2 aromatic carbocycles. The Bertz CT molecular complexity index is 987. The topological polar surface area (TPSA) is 96.4 Å². The van der Waals surface area contributed by atoms with E-state index in [0.717, 1.165) is 22.6 Å². The van der Waals surface area contributed by atoms with E-state index in [1.165, 1.54) is 6.92 Å². The number of ether oxygens (including phenoxy) is 1. The van der Waals surface area contributed by atoms with E-state index >= 15 is 0 Å². The number of rotatable bonds is 6. The number of carbonyl (C=O) groups is 1. The average Bonchev–Trinajstić information content (AvgIpc) is 2.65. The van der Waals surface area contributed by atoms with Crippen LogP contribution >= 0.6 is 0 Å². The minimum absolute atomic E-state index is 0.205. The van der Waals surface area contributed by atoms with E-state index in [2.05, 4.69) is 20.6 Å². The maximum absolute atomic E-state index is 11.5. The van der Waals surface area contributed by atoms with Gasteiger partial charge in [0, 0.05) is 24.2 Å². The minimum Gasteiger partial charge on any atom is -0.508 e. The SMILES string of the molecule is CCOc1ccc(-c2cc(Nc3ccc(O)c(C)c3)nc(NC(C)=O)n2)cc1. The Hall–Kier alpha value is -3.61. The maximum atomic E-state index is 11.5. The number of phenolic OH excluding ortho intramolecular Hbond substituents is 1. The maximum Gasteiger partial charge on any atom is 0.231 e. The van der Waals surface area contributed by atoms with Gasteiger partial charge in [-0.15, -0.1) is 0 Å². The summed E-state index contributed by atoms with van der Waals surface area (Å²) in [6.07, 6.45) is 0. The summed E-state index contributed by atoms with van der Waals surface area (Å²) in [5.41, 5.74) is 3.02. The number of nitrogens with zero attached hydrogens (tertiary/aromatic N) is 2. The highest BCUT2D eigenvalue weighted by molar-refractivity contribution is 5.87. The van der Waals surface area contributed by atoms with Gasteiger partial charge in [0.25, 0.3) is 0 Å². The Balaban J connectivity index is 1.96. The zero-order valence-electron chi connectivity index (χ0n) is 16.0. The number of amides is 1. The number of hydrogen-bond acceptors (Lipinski definition) is 6. The molecule has 3 N–H and O–H groups in total. The normalized spacial score (nSPS) is 10.4. The molecule has 7 heteroatoms. The number of aryl methyl sites for hydroxylation is 1. The van der Waals surface area contributed by atoms with Crippen molar-refractivity contribution in [2.24, 2.45) is 0 Å². The molecular formula is C21H22N4O3. The van der Waals surface area contributed by atoms with Crippen LogP contribution in [0, 0.1) is 6.92 Å². The summed E-state index contributed by atoms with van der Waals surface area (Å²) in [4.78, 5) is 20.3. The summed E-state index contributed by atoms with van der Waals surface area (Å²) < 4.78 is 5.47. The van der Waals surface area contributed by atoms with Gasteiger partial charge >= 0.3 is 0 Å². The number of benzene rings is 2. The molecule has 0 aliphatic heterocycles. The van der Waals surface area contributed by atoms with Crippen molar-refractivity contribution in [3.63, 3.8) is 0 Å². The molecule has 0 atom stereocenters. The molecule has 0 saturated carbocycles. The first kappa shape index (κ1) is 19.2. The first-order chi connectivity index (χ1) is 13.4. The number of aromatic hydroxyl groups is 1. The summed E-state index contributed by atoms with van der Waals surface area (Å²) >= 11 is 0. The van der Waals surface area contributed by atoms with Crippen LogP contribution in [0.5, 0.6) is 11.5 Å². The Labute approximate surface area is 163 Å². The summed E-state index contributed by atoms with van der Waals surface area (Å²) in [6, 6.07) is 14.5. The van der Waals surface area contributed by atoms with Crippen LogP contribution in [-0.4, -0.2) is 27.6 Å².